The summed E-state index contributed by atoms with van der Waals surface area (Å²) < 4.78 is 27.6. The Hall–Kier alpha value is -1.70. The van der Waals surface area contributed by atoms with Crippen LogP contribution < -0.4 is 10.0 Å². The Morgan fingerprint density at radius 2 is 1.92 bits per heavy atom. The molecule has 0 saturated heterocycles. The number of hydrogen-bond donors (Lipinski definition) is 2. The first-order chi connectivity index (χ1) is 11.3. The summed E-state index contributed by atoms with van der Waals surface area (Å²) in [7, 11) is -3.73. The minimum Gasteiger partial charge on any atom is -0.325 e. The van der Waals surface area contributed by atoms with E-state index in [9.17, 15) is 13.2 Å². The Bertz CT molecular complexity index is 851. The van der Waals surface area contributed by atoms with Crippen molar-refractivity contribution in [3.63, 3.8) is 0 Å². The lowest BCUT2D eigenvalue weighted by atomic mass is 10.1. The minimum atomic E-state index is -3.73. The Labute approximate surface area is 150 Å². The highest BCUT2D eigenvalue weighted by atomic mass is 79.9. The third kappa shape index (κ3) is 4.90. The van der Waals surface area contributed by atoms with E-state index >= 15 is 0 Å². The second kappa shape index (κ2) is 7.92. The summed E-state index contributed by atoms with van der Waals surface area (Å²) in [5, 5.41) is 2.69. The van der Waals surface area contributed by atoms with Crippen LogP contribution in [0, 0.1) is 6.92 Å². The standard InChI is InChI=1S/C17H19BrN2O3S/c1-3-13-5-4-6-14(10-13)20-17(21)11-19-24(22,23)15-7-8-16(18)12(2)9-15/h4-10,19H,3,11H2,1-2H3,(H,20,21). The fourth-order valence-electron chi connectivity index (χ4n) is 2.10. The number of nitrogens with one attached hydrogen (secondary N) is 2. The molecular formula is C17H19BrN2O3S. The molecule has 0 heterocycles. The van der Waals surface area contributed by atoms with Gasteiger partial charge in [-0.1, -0.05) is 35.0 Å². The summed E-state index contributed by atoms with van der Waals surface area (Å²) in [5.74, 6) is -0.416. The van der Waals surface area contributed by atoms with E-state index in [-0.39, 0.29) is 11.4 Å². The van der Waals surface area contributed by atoms with E-state index in [0.717, 1.165) is 22.0 Å². The van der Waals surface area contributed by atoms with Crippen molar-refractivity contribution >= 4 is 37.5 Å². The molecule has 128 valence electrons. The molecule has 7 heteroatoms. The van der Waals surface area contributed by atoms with Crippen LogP contribution in [0.3, 0.4) is 0 Å². The number of carbonyl (C=O) groups is 1. The summed E-state index contributed by atoms with van der Waals surface area (Å²) in [6, 6.07) is 12.2. The molecule has 0 aliphatic rings. The minimum absolute atomic E-state index is 0.129. The molecule has 5 nitrogen and oxygen atoms in total. The molecule has 0 bridgehead atoms. The van der Waals surface area contributed by atoms with E-state index in [1.54, 1.807) is 25.1 Å². The van der Waals surface area contributed by atoms with Gasteiger partial charge in [0.2, 0.25) is 15.9 Å². The smallest absolute Gasteiger partial charge is 0.241 e. The third-order valence-electron chi connectivity index (χ3n) is 3.48. The van der Waals surface area contributed by atoms with Gasteiger partial charge in [-0.25, -0.2) is 13.1 Å². The van der Waals surface area contributed by atoms with Gasteiger partial charge in [0.15, 0.2) is 0 Å². The lowest BCUT2D eigenvalue weighted by molar-refractivity contribution is -0.115. The zero-order chi connectivity index (χ0) is 17.7. The number of aryl methyl sites for hydroxylation is 2. The van der Waals surface area contributed by atoms with Crippen LogP contribution in [0.5, 0.6) is 0 Å². The fraction of sp³-hybridized carbons (Fsp3) is 0.235. The first kappa shape index (κ1) is 18.6. The summed E-state index contributed by atoms with van der Waals surface area (Å²) in [6.07, 6.45) is 0.860. The molecule has 0 unspecified atom stereocenters. The number of amides is 1. The van der Waals surface area contributed by atoms with E-state index in [0.29, 0.717) is 5.69 Å². The first-order valence-electron chi connectivity index (χ1n) is 7.46. The number of halogens is 1. The van der Waals surface area contributed by atoms with Gasteiger partial charge in [0.25, 0.3) is 0 Å². The highest BCUT2D eigenvalue weighted by Crippen LogP contribution is 2.19. The molecule has 0 radical (unpaired) electrons. The topological polar surface area (TPSA) is 75.3 Å². The van der Waals surface area contributed by atoms with Crippen LogP contribution in [-0.4, -0.2) is 20.9 Å². The Kier molecular flexibility index (Phi) is 6.15. The first-order valence-corrected chi connectivity index (χ1v) is 9.74. The van der Waals surface area contributed by atoms with E-state index in [2.05, 4.69) is 26.0 Å². The summed E-state index contributed by atoms with van der Waals surface area (Å²) >= 11 is 3.33. The maximum Gasteiger partial charge on any atom is 0.241 e. The van der Waals surface area contributed by atoms with Gasteiger partial charge in [-0.3, -0.25) is 4.79 Å². The number of hydrogen-bond acceptors (Lipinski definition) is 3. The quantitative estimate of drug-likeness (QED) is 0.767. The maximum atomic E-state index is 12.2. The van der Waals surface area contributed by atoms with Gasteiger partial charge in [-0.05, 0) is 54.8 Å². The van der Waals surface area contributed by atoms with Gasteiger partial charge in [0, 0.05) is 10.2 Å². The van der Waals surface area contributed by atoms with Crippen molar-refractivity contribution in [3.05, 3.63) is 58.1 Å². The predicted octanol–water partition coefficient (Wildman–Crippen LogP) is 3.24. The number of rotatable bonds is 6. The molecule has 2 rings (SSSR count). The van der Waals surface area contributed by atoms with Crippen LogP contribution in [0.2, 0.25) is 0 Å². The van der Waals surface area contributed by atoms with Gasteiger partial charge in [-0.2, -0.15) is 0 Å². The molecule has 2 N–H and O–H groups in total. The molecule has 2 aromatic rings. The predicted molar refractivity (Wildman–Crippen MR) is 98.5 cm³/mol. The summed E-state index contributed by atoms with van der Waals surface area (Å²) in [4.78, 5) is 12.1. The number of benzene rings is 2. The number of carbonyl (C=O) groups excluding carboxylic acids is 1. The van der Waals surface area contributed by atoms with Crippen LogP contribution in [0.1, 0.15) is 18.1 Å². The molecule has 1 amide bonds. The molecule has 24 heavy (non-hydrogen) atoms. The highest BCUT2D eigenvalue weighted by molar-refractivity contribution is 9.10. The molecule has 0 aliphatic carbocycles. The number of anilines is 1. The van der Waals surface area contributed by atoms with Crippen LogP contribution in [-0.2, 0) is 21.2 Å². The molecule has 0 spiro atoms. The highest BCUT2D eigenvalue weighted by Gasteiger charge is 2.16. The lowest BCUT2D eigenvalue weighted by Crippen LogP contribution is -2.33. The van der Waals surface area contributed by atoms with Crippen molar-refractivity contribution in [1.29, 1.82) is 0 Å². The van der Waals surface area contributed by atoms with Crippen LogP contribution in [0.25, 0.3) is 0 Å². The van der Waals surface area contributed by atoms with Crippen molar-refractivity contribution in [2.45, 2.75) is 25.2 Å². The molecule has 0 saturated carbocycles. The average molecular weight is 411 g/mol. The van der Waals surface area contributed by atoms with Gasteiger partial charge < -0.3 is 5.32 Å². The zero-order valence-corrected chi connectivity index (χ0v) is 15.9. The second-order valence-electron chi connectivity index (χ2n) is 5.34. The summed E-state index contributed by atoms with van der Waals surface area (Å²) in [5.41, 5.74) is 2.55. The Morgan fingerprint density at radius 1 is 1.17 bits per heavy atom. The van der Waals surface area contributed by atoms with E-state index < -0.39 is 15.9 Å². The normalized spacial score (nSPS) is 11.3. The second-order valence-corrected chi connectivity index (χ2v) is 7.96. The fourth-order valence-corrected chi connectivity index (χ4v) is 3.42. The lowest BCUT2D eigenvalue weighted by Gasteiger charge is -2.09. The molecule has 0 atom stereocenters. The largest absolute Gasteiger partial charge is 0.325 e. The van der Waals surface area contributed by atoms with Gasteiger partial charge in [0.1, 0.15) is 0 Å². The molecule has 2 aromatic carbocycles. The van der Waals surface area contributed by atoms with Crippen molar-refractivity contribution in [2.24, 2.45) is 0 Å². The average Bonchev–Trinajstić information content (AvgIpc) is 2.55. The molecular weight excluding hydrogens is 392 g/mol. The van der Waals surface area contributed by atoms with E-state index in [4.69, 9.17) is 0 Å². The van der Waals surface area contributed by atoms with Gasteiger partial charge in [-0.15, -0.1) is 0 Å². The Morgan fingerprint density at radius 3 is 2.58 bits per heavy atom. The molecule has 0 aromatic heterocycles. The van der Waals surface area contributed by atoms with Gasteiger partial charge in [0.05, 0.1) is 11.4 Å². The molecule has 0 aliphatic heterocycles. The van der Waals surface area contributed by atoms with Crippen molar-refractivity contribution in [2.75, 3.05) is 11.9 Å². The van der Waals surface area contributed by atoms with E-state index in [1.807, 2.05) is 25.1 Å². The van der Waals surface area contributed by atoms with Crippen molar-refractivity contribution < 1.29 is 13.2 Å². The number of sulfonamides is 1. The monoisotopic (exact) mass is 410 g/mol. The van der Waals surface area contributed by atoms with Gasteiger partial charge >= 0.3 is 0 Å². The van der Waals surface area contributed by atoms with E-state index in [1.165, 1.54) is 6.07 Å². The zero-order valence-electron chi connectivity index (χ0n) is 13.5. The maximum absolute atomic E-state index is 12.2. The third-order valence-corrected chi connectivity index (χ3v) is 5.77. The SMILES string of the molecule is CCc1cccc(NC(=O)CNS(=O)(=O)c2ccc(Br)c(C)c2)c1. The van der Waals surface area contributed by atoms with Crippen LogP contribution in [0.15, 0.2) is 51.8 Å². The Balaban J connectivity index is 2.00. The van der Waals surface area contributed by atoms with Crippen molar-refractivity contribution in [3.8, 4) is 0 Å². The van der Waals surface area contributed by atoms with Crippen molar-refractivity contribution in [1.82, 2.24) is 4.72 Å². The van der Waals surface area contributed by atoms with Crippen LogP contribution in [0.4, 0.5) is 5.69 Å². The van der Waals surface area contributed by atoms with Crippen LogP contribution >= 0.6 is 15.9 Å². The summed E-state index contributed by atoms with van der Waals surface area (Å²) in [6.45, 7) is 3.50. The molecule has 0 fully saturated rings.